The zero-order valence-electron chi connectivity index (χ0n) is 16.2. The number of nitrogens with one attached hydrogen (secondary N) is 1. The summed E-state index contributed by atoms with van der Waals surface area (Å²) < 4.78 is 5.19. The molecular weight excluding hydrogens is 479 g/mol. The number of thiocarbonyl (C=S) groups is 1. The highest BCUT2D eigenvalue weighted by Gasteiger charge is 2.33. The van der Waals surface area contributed by atoms with E-state index < -0.39 is 11.9 Å². The van der Waals surface area contributed by atoms with Gasteiger partial charge in [0, 0.05) is 5.69 Å². The molecule has 0 unspecified atom stereocenters. The molecule has 0 spiro atoms. The maximum Gasteiger partial charge on any atom is 0.338 e. The first-order valence-corrected chi connectivity index (χ1v) is 11.0. The lowest BCUT2D eigenvalue weighted by atomic mass is 10.2. The number of hydrogen-bond donors (Lipinski definition) is 1. The van der Waals surface area contributed by atoms with Crippen molar-refractivity contribution >= 4 is 81.0 Å². The second-order valence-corrected chi connectivity index (χ2v) is 8.72. The van der Waals surface area contributed by atoms with Gasteiger partial charge in [-0.3, -0.25) is 14.5 Å². The van der Waals surface area contributed by atoms with Crippen molar-refractivity contribution in [2.75, 3.05) is 18.5 Å². The molecule has 6 nitrogen and oxygen atoms in total. The van der Waals surface area contributed by atoms with Crippen molar-refractivity contribution in [3.05, 3.63) is 68.5 Å². The van der Waals surface area contributed by atoms with Crippen molar-refractivity contribution in [3.8, 4) is 0 Å². The van der Waals surface area contributed by atoms with Gasteiger partial charge >= 0.3 is 5.97 Å². The molecule has 3 rings (SSSR count). The van der Waals surface area contributed by atoms with Gasteiger partial charge in [-0.15, -0.1) is 0 Å². The lowest BCUT2D eigenvalue weighted by Gasteiger charge is -2.14. The van der Waals surface area contributed by atoms with Crippen LogP contribution in [0.3, 0.4) is 0 Å². The van der Waals surface area contributed by atoms with Gasteiger partial charge in [0.1, 0.15) is 10.9 Å². The molecule has 0 bridgehead atoms. The second-order valence-electron chi connectivity index (χ2n) is 6.26. The molecule has 31 heavy (non-hydrogen) atoms. The van der Waals surface area contributed by atoms with Crippen LogP contribution >= 0.6 is 47.2 Å². The highest BCUT2D eigenvalue weighted by atomic mass is 35.5. The lowest BCUT2D eigenvalue weighted by molar-refractivity contribution is -0.126. The summed E-state index contributed by atoms with van der Waals surface area (Å²) in [6.07, 6.45) is 1.60. The summed E-state index contributed by atoms with van der Waals surface area (Å²) >= 11 is 18.5. The number of rotatable bonds is 6. The smallest absolute Gasteiger partial charge is 0.338 e. The summed E-state index contributed by atoms with van der Waals surface area (Å²) in [6.45, 7) is 1.75. The van der Waals surface area contributed by atoms with Crippen LogP contribution in [-0.2, 0) is 14.3 Å². The third-order valence-electron chi connectivity index (χ3n) is 4.12. The van der Waals surface area contributed by atoms with E-state index in [0.717, 1.165) is 11.8 Å². The van der Waals surface area contributed by atoms with Crippen LogP contribution in [0.15, 0.2) is 47.4 Å². The van der Waals surface area contributed by atoms with Crippen LogP contribution in [-0.4, -0.2) is 40.2 Å². The van der Waals surface area contributed by atoms with Gasteiger partial charge in [-0.25, -0.2) is 4.79 Å². The van der Waals surface area contributed by atoms with E-state index in [1.165, 1.54) is 4.90 Å². The normalized spacial score (nSPS) is 14.8. The van der Waals surface area contributed by atoms with Gasteiger partial charge in [0.15, 0.2) is 0 Å². The van der Waals surface area contributed by atoms with E-state index in [0.29, 0.717) is 31.8 Å². The summed E-state index contributed by atoms with van der Waals surface area (Å²) in [5.41, 5.74) is 1.44. The Labute approximate surface area is 198 Å². The van der Waals surface area contributed by atoms with Crippen LogP contribution in [0.5, 0.6) is 0 Å². The Bertz CT molecular complexity index is 1090. The van der Waals surface area contributed by atoms with E-state index >= 15 is 0 Å². The van der Waals surface area contributed by atoms with Crippen molar-refractivity contribution in [3.63, 3.8) is 0 Å². The number of nitrogens with zero attached hydrogens (tertiary/aromatic N) is 1. The number of amides is 2. The number of hydrogen-bond acceptors (Lipinski definition) is 6. The third-order valence-corrected chi connectivity index (χ3v) is 6.33. The van der Waals surface area contributed by atoms with Gasteiger partial charge in [-0.2, -0.15) is 0 Å². The van der Waals surface area contributed by atoms with Gasteiger partial charge in [0.05, 0.1) is 27.1 Å². The fourth-order valence-electron chi connectivity index (χ4n) is 2.66. The largest absolute Gasteiger partial charge is 0.462 e. The number of thioether (sulfide) groups is 1. The topological polar surface area (TPSA) is 75.7 Å². The van der Waals surface area contributed by atoms with Crippen molar-refractivity contribution in [2.45, 2.75) is 6.92 Å². The van der Waals surface area contributed by atoms with E-state index in [-0.39, 0.29) is 23.4 Å². The van der Waals surface area contributed by atoms with Crippen LogP contribution in [0.25, 0.3) is 6.08 Å². The molecule has 2 aromatic rings. The van der Waals surface area contributed by atoms with Crippen LogP contribution < -0.4 is 5.32 Å². The van der Waals surface area contributed by atoms with Gasteiger partial charge in [-0.05, 0) is 48.9 Å². The predicted molar refractivity (Wildman–Crippen MR) is 127 cm³/mol. The molecule has 160 valence electrons. The Kier molecular flexibility index (Phi) is 7.72. The Morgan fingerprint density at radius 2 is 1.90 bits per heavy atom. The number of carbonyl (C=O) groups is 3. The fourth-order valence-corrected chi connectivity index (χ4v) is 4.27. The van der Waals surface area contributed by atoms with Gasteiger partial charge in [0.25, 0.3) is 5.91 Å². The number of halogens is 2. The average Bonchev–Trinajstić information content (AvgIpc) is 2.99. The first kappa shape index (κ1) is 23.3. The molecule has 0 radical (unpaired) electrons. The molecule has 1 saturated heterocycles. The zero-order valence-corrected chi connectivity index (χ0v) is 19.3. The number of anilines is 1. The number of benzene rings is 2. The third kappa shape index (κ3) is 5.65. The van der Waals surface area contributed by atoms with Gasteiger partial charge in [0.2, 0.25) is 5.91 Å². The molecule has 1 N–H and O–H groups in total. The maximum atomic E-state index is 12.7. The molecule has 0 atom stereocenters. The van der Waals surface area contributed by atoms with E-state index in [4.69, 9.17) is 40.2 Å². The van der Waals surface area contributed by atoms with Crippen LogP contribution in [0.2, 0.25) is 10.0 Å². The zero-order chi connectivity index (χ0) is 22.5. The molecule has 1 aliphatic heterocycles. The first-order valence-electron chi connectivity index (χ1n) is 9.06. The minimum Gasteiger partial charge on any atom is -0.462 e. The quantitative estimate of drug-likeness (QED) is 0.345. The summed E-state index contributed by atoms with van der Waals surface area (Å²) in [7, 11) is 0. The number of esters is 1. The summed E-state index contributed by atoms with van der Waals surface area (Å²) in [6, 6.07) is 11.4. The second kappa shape index (κ2) is 10.3. The van der Waals surface area contributed by atoms with Crippen molar-refractivity contribution < 1.29 is 19.1 Å². The van der Waals surface area contributed by atoms with E-state index in [2.05, 4.69) is 5.32 Å². The summed E-state index contributed by atoms with van der Waals surface area (Å²) in [5.74, 6) is -1.26. The minimum atomic E-state index is -0.440. The molecular formula is C21H16Cl2N2O4S2. The monoisotopic (exact) mass is 494 g/mol. The number of carbonyl (C=O) groups excluding carboxylic acids is 3. The molecule has 10 heteroatoms. The van der Waals surface area contributed by atoms with Crippen LogP contribution in [0, 0.1) is 0 Å². The van der Waals surface area contributed by atoms with Crippen molar-refractivity contribution in [1.29, 1.82) is 0 Å². The SMILES string of the molecule is CCOC(=O)c1ccc(NC(=O)CN2C(=O)/C(=C/c3cccc(Cl)c3Cl)SC2=S)cc1. The Hall–Kier alpha value is -2.39. The molecule has 1 fully saturated rings. The average molecular weight is 495 g/mol. The van der Waals surface area contributed by atoms with Crippen molar-refractivity contribution in [2.24, 2.45) is 0 Å². The standard InChI is InChI=1S/C21H16Cl2N2O4S2/c1-2-29-20(28)12-6-8-14(9-7-12)24-17(26)11-25-19(27)16(31-21(25)30)10-13-4-3-5-15(22)18(13)23/h3-10H,2,11H2,1H3,(H,24,26)/b16-10-. The molecule has 2 aromatic carbocycles. The molecule has 0 saturated carbocycles. The van der Waals surface area contributed by atoms with E-state index in [1.54, 1.807) is 55.5 Å². The number of ether oxygens (including phenoxy) is 1. The highest BCUT2D eigenvalue weighted by molar-refractivity contribution is 8.26. The maximum absolute atomic E-state index is 12.7. The van der Waals surface area contributed by atoms with Crippen LogP contribution in [0.4, 0.5) is 5.69 Å². The molecule has 2 amide bonds. The minimum absolute atomic E-state index is 0.245. The Balaban J connectivity index is 1.66. The highest BCUT2D eigenvalue weighted by Crippen LogP contribution is 2.35. The first-order chi connectivity index (χ1) is 14.8. The van der Waals surface area contributed by atoms with Gasteiger partial charge in [-0.1, -0.05) is 59.3 Å². The van der Waals surface area contributed by atoms with E-state index in [1.807, 2.05) is 0 Å². The fraction of sp³-hybridized carbons (Fsp3) is 0.143. The van der Waals surface area contributed by atoms with E-state index in [9.17, 15) is 14.4 Å². The Morgan fingerprint density at radius 1 is 1.19 bits per heavy atom. The lowest BCUT2D eigenvalue weighted by Crippen LogP contribution is -2.36. The summed E-state index contributed by atoms with van der Waals surface area (Å²) in [4.78, 5) is 38.4. The predicted octanol–water partition coefficient (Wildman–Crippen LogP) is 5.01. The molecule has 1 heterocycles. The molecule has 1 aliphatic rings. The summed E-state index contributed by atoms with van der Waals surface area (Å²) in [5, 5.41) is 3.38. The van der Waals surface area contributed by atoms with Crippen molar-refractivity contribution in [1.82, 2.24) is 4.90 Å². The Morgan fingerprint density at radius 3 is 2.58 bits per heavy atom. The molecule has 0 aromatic heterocycles. The van der Waals surface area contributed by atoms with Crippen LogP contribution in [0.1, 0.15) is 22.8 Å². The molecule has 0 aliphatic carbocycles. The van der Waals surface area contributed by atoms with Gasteiger partial charge < -0.3 is 10.1 Å².